The van der Waals surface area contributed by atoms with E-state index >= 15 is 0 Å². The zero-order valence-electron chi connectivity index (χ0n) is 38.1. The molecule has 2 saturated heterocycles. The molecule has 11 N–H and O–H groups in total. The highest BCUT2D eigenvalue weighted by atomic mass is 32.2. The van der Waals surface area contributed by atoms with Crippen LogP contribution in [0.2, 0.25) is 0 Å². The molecule has 3 heterocycles. The summed E-state index contributed by atoms with van der Waals surface area (Å²) in [6.45, 7) is 5.51. The lowest BCUT2D eigenvalue weighted by atomic mass is 9.91. The van der Waals surface area contributed by atoms with Crippen molar-refractivity contribution in [3.8, 4) is 0 Å². The fourth-order valence-electron chi connectivity index (χ4n) is 8.06. The molecule has 7 atom stereocenters. The first-order valence-corrected chi connectivity index (χ1v) is 24.7. The standard InChI is InChI=1S/C46H67N9O9S2/c1-27(2)40-44(63)52-35(24-39(47)59)38(58)22-31(45(64)55-17-5-11-37(55)43(62)51-32(25-56)8-4-16-50-46(48)49)26-65-18-6-9-33(57)21-30(20-29-14-12-28(3)13-15-29)41(60)53-36(42(61)54-40)23-34-10-7-19-66-34/h7,10,12-15,19,27,30-32,35-37,40,56H,4-6,8-9,11,16-18,20-26H2,1-3H3,(H2,47,59)(H,51,62)(H,52,63)(H,53,60)(H,54,61)(H4,48,49,50)/t30-,31+,32-,35+,36+,37+,40+/m1/s1. The summed E-state index contributed by atoms with van der Waals surface area (Å²) in [5, 5.41) is 23.0. The maximum atomic E-state index is 14.5. The lowest BCUT2D eigenvalue weighted by Gasteiger charge is -2.30. The molecule has 1 aromatic carbocycles. The van der Waals surface area contributed by atoms with Crippen LogP contribution in [0, 0.1) is 24.7 Å². The summed E-state index contributed by atoms with van der Waals surface area (Å²) in [5.41, 5.74) is 18.3. The van der Waals surface area contributed by atoms with Gasteiger partial charge in [-0.2, -0.15) is 11.8 Å². The number of nitrogens with zero attached hydrogens (tertiary/aromatic N) is 2. The van der Waals surface area contributed by atoms with Gasteiger partial charge < -0.3 is 48.5 Å². The van der Waals surface area contributed by atoms with Crippen molar-refractivity contribution in [1.29, 1.82) is 0 Å². The highest BCUT2D eigenvalue weighted by Crippen LogP contribution is 2.26. The van der Waals surface area contributed by atoms with E-state index in [2.05, 4.69) is 26.3 Å². The highest BCUT2D eigenvalue weighted by Gasteiger charge is 2.40. The van der Waals surface area contributed by atoms with E-state index in [4.69, 9.17) is 17.2 Å². The molecule has 2 aliphatic heterocycles. The average molecular weight is 954 g/mol. The Bertz CT molecular complexity index is 2010. The summed E-state index contributed by atoms with van der Waals surface area (Å²) >= 11 is 2.74. The number of aliphatic imine (C=N–C) groups is 1. The Kier molecular flexibility index (Phi) is 21.6. The Morgan fingerprint density at radius 3 is 2.30 bits per heavy atom. The maximum absolute atomic E-state index is 14.5. The van der Waals surface area contributed by atoms with Gasteiger partial charge in [0, 0.05) is 55.3 Å². The van der Waals surface area contributed by atoms with Crippen molar-refractivity contribution in [2.24, 2.45) is 39.9 Å². The maximum Gasteiger partial charge on any atom is 0.243 e. The van der Waals surface area contributed by atoms with Crippen LogP contribution in [0.1, 0.15) is 87.6 Å². The number of aliphatic hydroxyl groups is 1. The van der Waals surface area contributed by atoms with Gasteiger partial charge in [0.1, 0.15) is 23.9 Å². The Morgan fingerprint density at radius 2 is 1.65 bits per heavy atom. The van der Waals surface area contributed by atoms with Crippen molar-refractivity contribution in [3.05, 3.63) is 57.8 Å². The van der Waals surface area contributed by atoms with Crippen molar-refractivity contribution in [3.63, 3.8) is 0 Å². The number of nitrogens with two attached hydrogens (primary N) is 3. The molecule has 1 aromatic heterocycles. The number of hydrogen-bond acceptors (Lipinski definition) is 12. The third-order valence-corrected chi connectivity index (χ3v) is 13.8. The molecule has 0 spiro atoms. The number of thioether (sulfide) groups is 1. The molecule has 66 heavy (non-hydrogen) atoms. The molecule has 0 bridgehead atoms. The van der Waals surface area contributed by atoms with Gasteiger partial charge >= 0.3 is 0 Å². The molecule has 6 amide bonds. The number of primary amides is 1. The third kappa shape index (κ3) is 17.1. The first-order chi connectivity index (χ1) is 31.4. The molecule has 0 radical (unpaired) electrons. The number of Topliss-reactive ketones (excluding diaryl/α,β-unsaturated/α-hetero) is 2. The number of rotatable bonds is 15. The number of ketones is 2. The summed E-state index contributed by atoms with van der Waals surface area (Å²) < 4.78 is 0. The minimum atomic E-state index is -1.46. The molecule has 2 aliphatic rings. The average Bonchev–Trinajstić information content (AvgIpc) is 3.98. The molecule has 20 heteroatoms. The van der Waals surface area contributed by atoms with E-state index in [0.29, 0.717) is 44.4 Å². The number of likely N-dealkylation sites (tertiary alicyclic amines) is 1. The van der Waals surface area contributed by atoms with Gasteiger partial charge in [-0.3, -0.25) is 43.3 Å². The van der Waals surface area contributed by atoms with Crippen molar-refractivity contribution >= 4 is 76.1 Å². The number of amides is 6. The molecule has 2 fully saturated rings. The molecule has 0 unspecified atom stereocenters. The van der Waals surface area contributed by atoms with E-state index in [-0.39, 0.29) is 56.3 Å². The van der Waals surface area contributed by atoms with Gasteiger partial charge in [0.2, 0.25) is 35.4 Å². The van der Waals surface area contributed by atoms with E-state index in [1.165, 1.54) is 28.0 Å². The quantitative estimate of drug-likeness (QED) is 0.0706. The Hall–Kier alpha value is -5.34. The molecule has 0 aliphatic carbocycles. The zero-order valence-corrected chi connectivity index (χ0v) is 39.8. The van der Waals surface area contributed by atoms with Crippen LogP contribution in [-0.4, -0.2) is 124 Å². The number of nitrogens with one attached hydrogen (secondary N) is 4. The van der Waals surface area contributed by atoms with E-state index in [1.807, 2.05) is 48.7 Å². The van der Waals surface area contributed by atoms with Crippen LogP contribution in [0.15, 0.2) is 46.8 Å². The first-order valence-electron chi connectivity index (χ1n) is 22.6. The smallest absolute Gasteiger partial charge is 0.243 e. The minimum Gasteiger partial charge on any atom is -0.394 e. The monoisotopic (exact) mass is 953 g/mol. The van der Waals surface area contributed by atoms with Crippen LogP contribution >= 0.6 is 23.1 Å². The van der Waals surface area contributed by atoms with Gasteiger partial charge in [-0.25, -0.2) is 0 Å². The number of guanidine groups is 1. The summed E-state index contributed by atoms with van der Waals surface area (Å²) in [6.07, 6.45) is 1.51. The van der Waals surface area contributed by atoms with E-state index in [9.17, 15) is 43.5 Å². The lowest BCUT2D eigenvalue weighted by molar-refractivity contribution is -0.143. The second-order valence-corrected chi connectivity index (χ2v) is 19.7. The highest BCUT2D eigenvalue weighted by molar-refractivity contribution is 7.99. The van der Waals surface area contributed by atoms with Crippen molar-refractivity contribution in [1.82, 2.24) is 26.2 Å². The topological polar surface area (TPSA) is 299 Å². The molecule has 4 rings (SSSR count). The van der Waals surface area contributed by atoms with Gasteiger partial charge in [0.25, 0.3) is 0 Å². The van der Waals surface area contributed by atoms with Gasteiger partial charge in [-0.15, -0.1) is 11.3 Å². The molecule has 0 saturated carbocycles. The van der Waals surface area contributed by atoms with Gasteiger partial charge in [0.15, 0.2) is 11.7 Å². The summed E-state index contributed by atoms with van der Waals surface area (Å²) in [7, 11) is 0. The Balaban J connectivity index is 1.63. The van der Waals surface area contributed by atoms with Gasteiger partial charge in [-0.1, -0.05) is 49.7 Å². The molecule has 18 nitrogen and oxygen atoms in total. The molecular weight excluding hydrogens is 887 g/mol. The second-order valence-electron chi connectivity index (χ2n) is 17.5. The fourth-order valence-corrected chi connectivity index (χ4v) is 9.87. The molecule has 2 aromatic rings. The summed E-state index contributed by atoms with van der Waals surface area (Å²) in [4.78, 5) is 117. The summed E-state index contributed by atoms with van der Waals surface area (Å²) in [6, 6.07) is 5.96. The number of thiophene rings is 1. The summed E-state index contributed by atoms with van der Waals surface area (Å²) in [5.74, 6) is -6.45. The van der Waals surface area contributed by atoms with Gasteiger partial charge in [-0.05, 0) is 74.1 Å². The van der Waals surface area contributed by atoms with E-state index in [1.54, 1.807) is 13.8 Å². The first kappa shape index (κ1) is 53.3. The van der Waals surface area contributed by atoms with Crippen LogP contribution in [-0.2, 0) is 51.2 Å². The van der Waals surface area contributed by atoms with E-state index < -0.39 is 102 Å². The zero-order chi connectivity index (χ0) is 48.3. The van der Waals surface area contributed by atoms with Crippen LogP contribution in [0.25, 0.3) is 0 Å². The fraction of sp³-hybridized carbons (Fsp3) is 0.587. The number of aryl methyl sites for hydroxylation is 1. The largest absolute Gasteiger partial charge is 0.394 e. The normalized spacial score (nSPS) is 23.6. The number of aliphatic hydroxyl groups excluding tert-OH is 1. The minimum absolute atomic E-state index is 0.0707. The predicted molar refractivity (Wildman–Crippen MR) is 254 cm³/mol. The Morgan fingerprint density at radius 1 is 0.924 bits per heavy atom. The van der Waals surface area contributed by atoms with Crippen LogP contribution in [0.3, 0.4) is 0 Å². The number of benzene rings is 1. The van der Waals surface area contributed by atoms with Crippen LogP contribution < -0.4 is 38.5 Å². The molecular formula is C46H67N9O9S2. The predicted octanol–water partition coefficient (Wildman–Crippen LogP) is 1.03. The van der Waals surface area contributed by atoms with Gasteiger partial charge in [0.05, 0.1) is 31.0 Å². The number of carbonyl (C=O) groups excluding carboxylic acids is 8. The SMILES string of the molecule is Cc1ccc(C[C@@H]2CC(=O)CCCSC[C@@H](C(=O)N3CCC[C@H]3C(=O)N[C@@H](CO)CCCN=C(N)N)CC(=O)[C@H](CC(N)=O)NC(=O)[C@H](C(C)C)NC(=O)[C@H](Cc3cccs3)NC2=O)cc1. The number of hydrogen-bond donors (Lipinski definition) is 8. The lowest BCUT2D eigenvalue weighted by Crippen LogP contribution is -2.58. The molecule has 362 valence electrons. The third-order valence-electron chi connectivity index (χ3n) is 11.7. The van der Waals surface area contributed by atoms with E-state index in [0.717, 1.165) is 16.0 Å². The number of carbonyl (C=O) groups is 8. The van der Waals surface area contributed by atoms with Crippen molar-refractivity contribution in [2.45, 2.75) is 122 Å². The van der Waals surface area contributed by atoms with Crippen molar-refractivity contribution < 1.29 is 43.5 Å². The second kappa shape index (κ2) is 26.7. The van der Waals surface area contributed by atoms with Crippen LogP contribution in [0.4, 0.5) is 0 Å². The Labute approximate surface area is 394 Å². The van der Waals surface area contributed by atoms with Crippen molar-refractivity contribution in [2.75, 3.05) is 31.2 Å². The van der Waals surface area contributed by atoms with Crippen LogP contribution in [0.5, 0.6) is 0 Å².